The third-order valence-electron chi connectivity index (χ3n) is 12.8. The highest BCUT2D eigenvalue weighted by molar-refractivity contribution is 6.23. The van der Waals surface area contributed by atoms with Gasteiger partial charge in [-0.15, -0.1) is 0 Å². The molecule has 7 heterocycles. The molecule has 0 radical (unpaired) electrons. The number of phenolic OH excluding ortho intramolecular Hbond substituents is 1. The van der Waals surface area contributed by atoms with Gasteiger partial charge in [-0.05, 0) is 91.3 Å². The van der Waals surface area contributed by atoms with Crippen LogP contribution in [0.5, 0.6) is 5.75 Å². The lowest BCUT2D eigenvalue weighted by Gasteiger charge is -2.44. The van der Waals surface area contributed by atoms with E-state index in [0.717, 1.165) is 52.2 Å². The number of aromatic hydroxyl groups is 1. The highest BCUT2D eigenvalue weighted by Crippen LogP contribution is 2.40. The van der Waals surface area contributed by atoms with Gasteiger partial charge in [0.1, 0.15) is 11.8 Å². The number of carbonyl (C=O) groups excluding carboxylic acids is 5. The first-order chi connectivity index (χ1) is 27.4. The van der Waals surface area contributed by atoms with Gasteiger partial charge in [0.05, 0.1) is 41.3 Å². The van der Waals surface area contributed by atoms with E-state index in [0.29, 0.717) is 68.4 Å². The van der Waals surface area contributed by atoms with Gasteiger partial charge >= 0.3 is 0 Å². The van der Waals surface area contributed by atoms with Crippen LogP contribution in [0.2, 0.25) is 0 Å². The summed E-state index contributed by atoms with van der Waals surface area (Å²) in [6.07, 6.45) is 1.53. The van der Waals surface area contributed by atoms with Gasteiger partial charge in [0.25, 0.3) is 18.2 Å². The van der Waals surface area contributed by atoms with Crippen LogP contribution < -0.4 is 10.2 Å². The zero-order chi connectivity index (χ0) is 39.7. The molecule has 9 rings (SSSR count). The summed E-state index contributed by atoms with van der Waals surface area (Å²) >= 11 is 0. The molecule has 3 saturated heterocycles. The van der Waals surface area contributed by atoms with Crippen LogP contribution in [0.3, 0.4) is 0 Å². The van der Waals surface area contributed by atoms with Crippen molar-refractivity contribution in [3.05, 3.63) is 87.7 Å². The Morgan fingerprint density at radius 2 is 1.63 bits per heavy atom. The SMILES string of the molecule is C[C@@H]1Cc2cc(O)ccc2[C@@H](c2ccc(N3CCC(C(=O)N4CC(CN5Cc6cc7c(cc6C5)C(=O)N(C5CCC(=O)NC5=O)C7=O)C4)CC3)cn2)N1CC(F)F. The van der Waals surface area contributed by atoms with E-state index in [4.69, 9.17) is 4.98 Å². The van der Waals surface area contributed by atoms with E-state index in [-0.39, 0.29) is 43.0 Å². The molecule has 1 aromatic heterocycles. The zero-order valence-electron chi connectivity index (χ0n) is 31.7. The first-order valence-electron chi connectivity index (χ1n) is 19.9. The highest BCUT2D eigenvalue weighted by atomic mass is 19.3. The maximum atomic E-state index is 13.7. The quantitative estimate of drug-likeness (QED) is 0.326. The first-order valence-corrected chi connectivity index (χ1v) is 19.9. The number of imide groups is 2. The summed E-state index contributed by atoms with van der Waals surface area (Å²) in [6, 6.07) is 11.0. The van der Waals surface area contributed by atoms with Crippen LogP contribution in [0.15, 0.2) is 48.7 Å². The van der Waals surface area contributed by atoms with Crippen molar-refractivity contribution >= 4 is 35.2 Å². The number of likely N-dealkylation sites (tertiary alicyclic amines) is 1. The van der Waals surface area contributed by atoms with E-state index < -0.39 is 42.1 Å². The minimum absolute atomic E-state index is 0.0535. The van der Waals surface area contributed by atoms with Crippen LogP contribution in [0.4, 0.5) is 14.5 Å². The van der Waals surface area contributed by atoms with Crippen molar-refractivity contribution in [3.8, 4) is 5.75 Å². The first kappa shape index (κ1) is 37.3. The number of alkyl halides is 2. The average Bonchev–Trinajstić information content (AvgIpc) is 3.68. The van der Waals surface area contributed by atoms with E-state index in [9.17, 15) is 37.9 Å². The number of pyridine rings is 1. The molecular formula is C42H45F2N7O6. The minimum atomic E-state index is -2.49. The molecule has 298 valence electrons. The molecule has 3 fully saturated rings. The molecule has 2 aromatic carbocycles. The van der Waals surface area contributed by atoms with Crippen molar-refractivity contribution in [1.82, 2.24) is 29.9 Å². The van der Waals surface area contributed by atoms with Crippen LogP contribution in [0.1, 0.15) is 87.3 Å². The molecule has 5 amide bonds. The van der Waals surface area contributed by atoms with Gasteiger partial charge in [-0.2, -0.15) is 0 Å². The highest BCUT2D eigenvalue weighted by Gasteiger charge is 2.46. The summed E-state index contributed by atoms with van der Waals surface area (Å²) in [5, 5.41) is 12.3. The van der Waals surface area contributed by atoms with E-state index in [1.807, 2.05) is 30.0 Å². The summed E-state index contributed by atoms with van der Waals surface area (Å²) in [5.74, 6) is -1.41. The molecule has 2 N–H and O–H groups in total. The largest absolute Gasteiger partial charge is 0.508 e. The summed E-state index contributed by atoms with van der Waals surface area (Å²) in [7, 11) is 0. The summed E-state index contributed by atoms with van der Waals surface area (Å²) < 4.78 is 27.4. The van der Waals surface area contributed by atoms with E-state index in [1.165, 1.54) is 0 Å². The lowest BCUT2D eigenvalue weighted by Crippen LogP contribution is -2.55. The zero-order valence-corrected chi connectivity index (χ0v) is 31.7. The third kappa shape index (κ3) is 6.83. The number of halogens is 2. The molecule has 13 nitrogen and oxygen atoms in total. The fraction of sp³-hybridized carbons (Fsp3) is 0.476. The lowest BCUT2D eigenvalue weighted by molar-refractivity contribution is -0.143. The summed E-state index contributed by atoms with van der Waals surface area (Å²) in [4.78, 5) is 78.1. The Kier molecular flexibility index (Phi) is 9.55. The van der Waals surface area contributed by atoms with Gasteiger partial charge in [0, 0.05) is 70.1 Å². The molecule has 0 spiro atoms. The Morgan fingerprint density at radius 1 is 0.930 bits per heavy atom. The summed E-state index contributed by atoms with van der Waals surface area (Å²) in [5.41, 5.74) is 5.99. The number of nitrogens with zero attached hydrogens (tertiary/aromatic N) is 6. The predicted molar refractivity (Wildman–Crippen MR) is 202 cm³/mol. The van der Waals surface area contributed by atoms with Gasteiger partial charge in [0.2, 0.25) is 17.7 Å². The normalized spacial score (nSPS) is 24.5. The van der Waals surface area contributed by atoms with Crippen molar-refractivity contribution in [2.75, 3.05) is 44.2 Å². The molecule has 57 heavy (non-hydrogen) atoms. The Hall–Kier alpha value is -5.28. The topological polar surface area (TPSA) is 147 Å². The number of hydrogen-bond donors (Lipinski definition) is 2. The van der Waals surface area contributed by atoms with Gasteiger partial charge < -0.3 is 14.9 Å². The third-order valence-corrected chi connectivity index (χ3v) is 12.8. The van der Waals surface area contributed by atoms with Crippen LogP contribution in [-0.2, 0) is 33.9 Å². The van der Waals surface area contributed by atoms with E-state index in [2.05, 4.69) is 15.1 Å². The molecule has 6 aliphatic heterocycles. The van der Waals surface area contributed by atoms with Crippen molar-refractivity contribution in [1.29, 1.82) is 0 Å². The van der Waals surface area contributed by atoms with Crippen molar-refractivity contribution in [2.24, 2.45) is 11.8 Å². The molecule has 3 atom stereocenters. The molecule has 1 unspecified atom stereocenters. The standard InChI is InChI=1S/C42H45F2N7O6/c1-23-12-26-13-30(52)3-4-31(26)38(50(23)22-36(43)44)34-5-2-29(16-45-34)48-10-8-25(9-11-48)40(55)49-18-24(19-49)17-47-20-27-14-32-33(15-28(27)21-47)42(57)51(41(32)56)35-6-7-37(53)46-39(35)54/h2-5,13-16,23-25,35-36,38,52H,6-12,17-22H2,1H3,(H,46,53,54)/t23-,35?,38+/m1/s1. The minimum Gasteiger partial charge on any atom is -0.508 e. The molecule has 15 heteroatoms. The van der Waals surface area contributed by atoms with Crippen molar-refractivity contribution in [2.45, 2.75) is 76.7 Å². The fourth-order valence-electron chi connectivity index (χ4n) is 9.87. The number of fused-ring (bicyclic) bond motifs is 3. The molecule has 0 saturated carbocycles. The number of carbonyl (C=O) groups is 5. The summed E-state index contributed by atoms with van der Waals surface area (Å²) in [6.45, 7) is 6.42. The maximum absolute atomic E-state index is 13.7. The Labute approximate surface area is 328 Å². The number of anilines is 1. The fourth-order valence-corrected chi connectivity index (χ4v) is 9.87. The van der Waals surface area contributed by atoms with Gasteiger partial charge in [0.15, 0.2) is 0 Å². The number of hydrogen-bond acceptors (Lipinski definition) is 10. The number of piperidine rings is 2. The van der Waals surface area contributed by atoms with Gasteiger partial charge in [-0.25, -0.2) is 8.78 Å². The molecule has 6 aliphatic rings. The predicted octanol–water partition coefficient (Wildman–Crippen LogP) is 3.48. The van der Waals surface area contributed by atoms with Gasteiger partial charge in [-0.1, -0.05) is 6.07 Å². The van der Waals surface area contributed by atoms with Crippen molar-refractivity contribution in [3.63, 3.8) is 0 Å². The second-order valence-corrected chi connectivity index (χ2v) is 16.5. The number of phenols is 1. The van der Waals surface area contributed by atoms with Crippen molar-refractivity contribution < 1.29 is 37.9 Å². The molecular weight excluding hydrogens is 737 g/mol. The number of rotatable bonds is 8. The van der Waals surface area contributed by atoms with Gasteiger partial charge in [-0.3, -0.25) is 49.0 Å². The number of nitrogens with one attached hydrogen (secondary N) is 1. The number of aromatic nitrogens is 1. The Bertz CT molecular complexity index is 2110. The molecule has 0 bridgehead atoms. The second kappa shape index (κ2) is 14.6. The number of benzene rings is 2. The van der Waals surface area contributed by atoms with Crippen LogP contribution in [-0.4, -0.2) is 117 Å². The van der Waals surface area contributed by atoms with Crippen LogP contribution in [0, 0.1) is 11.8 Å². The average molecular weight is 782 g/mol. The smallest absolute Gasteiger partial charge is 0.262 e. The molecule has 0 aliphatic carbocycles. The maximum Gasteiger partial charge on any atom is 0.262 e. The Morgan fingerprint density at radius 3 is 2.26 bits per heavy atom. The van der Waals surface area contributed by atoms with E-state index in [1.54, 1.807) is 35.4 Å². The second-order valence-electron chi connectivity index (χ2n) is 16.5. The lowest BCUT2D eigenvalue weighted by atomic mass is 9.86. The Balaban J connectivity index is 0.760. The van der Waals surface area contributed by atoms with Crippen LogP contribution in [0.25, 0.3) is 0 Å². The molecule has 3 aromatic rings. The number of amides is 5. The van der Waals surface area contributed by atoms with Crippen LogP contribution >= 0.6 is 0 Å². The van der Waals surface area contributed by atoms with E-state index >= 15 is 0 Å². The monoisotopic (exact) mass is 781 g/mol.